The Morgan fingerprint density at radius 1 is 0.836 bits per heavy atom. The fourth-order valence-corrected chi connectivity index (χ4v) is 14.0. The molecule has 5 atom stereocenters. The molecule has 2 N–H and O–H groups in total. The molecule has 3 aliphatic rings. The van der Waals surface area contributed by atoms with Crippen molar-refractivity contribution in [2.45, 2.75) is 69.2 Å². The molecule has 1 saturated heterocycles. The monoisotopic (exact) mass is 839 g/mol. The SMILES string of the molecule is COc1ccc(C(=O)Nc2cccc(CN3C(=O)[C@@]4(O[C@@H](CC(=O)N5Cc6ccccc6C[C@H]5CO)[C@H]([Si](C)(C)c5ccc(OC)cc5)[C@H]4C)c4cc(OC)ccc43)c2)cc1. The van der Waals surface area contributed by atoms with E-state index in [9.17, 15) is 14.7 Å². The first-order chi connectivity index (χ1) is 29.4. The van der Waals surface area contributed by atoms with Crippen LogP contribution in [0.3, 0.4) is 0 Å². The number of anilines is 2. The molecule has 0 radical (unpaired) electrons. The number of benzene rings is 5. The van der Waals surface area contributed by atoms with Crippen molar-refractivity contribution in [1.82, 2.24) is 4.90 Å². The molecule has 0 aliphatic carbocycles. The fraction of sp³-hybridized carbons (Fsp3) is 0.327. The molecule has 3 amide bonds. The first-order valence-electron chi connectivity index (χ1n) is 20.8. The summed E-state index contributed by atoms with van der Waals surface area (Å²) in [7, 11) is 2.25. The molecule has 1 spiro atoms. The number of hydrogen-bond acceptors (Lipinski definition) is 8. The number of ether oxygens (including phenoxy) is 4. The zero-order valence-electron chi connectivity index (χ0n) is 35.5. The third-order valence-corrected chi connectivity index (χ3v) is 17.5. The van der Waals surface area contributed by atoms with Crippen molar-refractivity contribution < 1.29 is 38.4 Å². The molecular formula is C49H53N3O8Si. The van der Waals surface area contributed by atoms with Gasteiger partial charge in [-0.05, 0) is 95.4 Å². The molecule has 61 heavy (non-hydrogen) atoms. The number of carbonyl (C=O) groups excluding carboxylic acids is 3. The summed E-state index contributed by atoms with van der Waals surface area (Å²) in [4.78, 5) is 47.0. The highest BCUT2D eigenvalue weighted by Crippen LogP contribution is 2.60. The highest BCUT2D eigenvalue weighted by Gasteiger charge is 2.66. The topological polar surface area (TPSA) is 127 Å². The molecule has 0 bridgehead atoms. The van der Waals surface area contributed by atoms with Gasteiger partial charge in [0, 0.05) is 29.3 Å². The number of fused-ring (bicyclic) bond motifs is 3. The van der Waals surface area contributed by atoms with Crippen LogP contribution >= 0.6 is 0 Å². The number of carbonyl (C=O) groups is 3. The van der Waals surface area contributed by atoms with Crippen LogP contribution in [0.4, 0.5) is 11.4 Å². The molecule has 3 heterocycles. The maximum absolute atomic E-state index is 15.5. The standard InChI is InChI=1S/C49H53N3O8Si/c1-31-46(61(5,6)41-21-18-39(58-3)19-22-41)44(27-45(54)51-29-35-12-8-7-11-34(35)25-37(51)30-53)60-49(31)42-26-40(59-4)20-23-43(42)52(48(49)56)28-32-10-9-13-36(24-32)50-47(55)33-14-16-38(57-2)17-15-33/h7-24,26,31,37,44,46,53H,25,27-30H2,1-6H3,(H,50,55)/t31-,37+,44+,46-,49+/m1/s1. The summed E-state index contributed by atoms with van der Waals surface area (Å²) in [5, 5.41) is 14.7. The highest BCUT2D eigenvalue weighted by molar-refractivity contribution is 6.91. The van der Waals surface area contributed by atoms with E-state index >= 15 is 4.79 Å². The average Bonchev–Trinajstić information content (AvgIpc) is 3.71. The largest absolute Gasteiger partial charge is 0.497 e. The van der Waals surface area contributed by atoms with Gasteiger partial charge in [0.1, 0.15) is 17.2 Å². The number of nitrogens with one attached hydrogen (secondary N) is 1. The minimum Gasteiger partial charge on any atom is -0.497 e. The number of rotatable bonds is 12. The second-order valence-electron chi connectivity index (χ2n) is 16.8. The predicted molar refractivity (Wildman–Crippen MR) is 237 cm³/mol. The van der Waals surface area contributed by atoms with Gasteiger partial charge in [0.15, 0.2) is 5.60 Å². The van der Waals surface area contributed by atoms with Gasteiger partial charge in [0.05, 0.1) is 66.8 Å². The third-order valence-electron chi connectivity index (χ3n) is 13.2. The van der Waals surface area contributed by atoms with E-state index in [2.05, 4.69) is 43.5 Å². The molecule has 0 aromatic heterocycles. The average molecular weight is 840 g/mol. The summed E-state index contributed by atoms with van der Waals surface area (Å²) in [6, 6.07) is 35.9. The van der Waals surface area contributed by atoms with Crippen LogP contribution in [0.5, 0.6) is 17.2 Å². The Kier molecular flexibility index (Phi) is 11.5. The molecule has 5 aromatic carbocycles. The zero-order valence-corrected chi connectivity index (χ0v) is 36.5. The minimum atomic E-state index is -2.58. The molecule has 0 unspecified atom stereocenters. The summed E-state index contributed by atoms with van der Waals surface area (Å²) >= 11 is 0. The van der Waals surface area contributed by atoms with Crippen LogP contribution in [0.25, 0.3) is 0 Å². The van der Waals surface area contributed by atoms with Gasteiger partial charge in [-0.25, -0.2) is 0 Å². The molecule has 316 valence electrons. The minimum absolute atomic E-state index is 0.0462. The predicted octanol–water partition coefficient (Wildman–Crippen LogP) is 7.06. The van der Waals surface area contributed by atoms with Crippen molar-refractivity contribution in [2.24, 2.45) is 5.92 Å². The Labute approximate surface area is 358 Å². The van der Waals surface area contributed by atoms with E-state index in [0.717, 1.165) is 27.6 Å². The summed E-state index contributed by atoms with van der Waals surface area (Å²) in [6.07, 6.45) is -0.0145. The quantitative estimate of drug-likeness (QED) is 0.128. The normalized spacial score (nSPS) is 21.9. The van der Waals surface area contributed by atoms with Crippen LogP contribution in [0.2, 0.25) is 18.6 Å². The van der Waals surface area contributed by atoms with Crippen molar-refractivity contribution in [3.05, 3.63) is 143 Å². The summed E-state index contributed by atoms with van der Waals surface area (Å²) < 4.78 is 23.8. The van der Waals surface area contributed by atoms with Gasteiger partial charge in [-0.2, -0.15) is 0 Å². The van der Waals surface area contributed by atoms with Crippen LogP contribution in [-0.4, -0.2) is 75.9 Å². The molecule has 1 fully saturated rings. The summed E-state index contributed by atoms with van der Waals surface area (Å²) in [5.74, 6) is 1.04. The maximum atomic E-state index is 15.5. The molecular weight excluding hydrogens is 787 g/mol. The lowest BCUT2D eigenvalue weighted by molar-refractivity contribution is -0.151. The Bertz CT molecular complexity index is 2440. The fourth-order valence-electron chi connectivity index (χ4n) is 9.98. The summed E-state index contributed by atoms with van der Waals surface area (Å²) in [6.45, 7) is 7.12. The molecule has 3 aliphatic heterocycles. The Balaban J connectivity index is 1.15. The molecule has 11 nitrogen and oxygen atoms in total. The van der Waals surface area contributed by atoms with Gasteiger partial charge in [0.25, 0.3) is 11.8 Å². The first-order valence-corrected chi connectivity index (χ1v) is 23.8. The van der Waals surface area contributed by atoms with Crippen LogP contribution in [-0.2, 0) is 39.4 Å². The van der Waals surface area contributed by atoms with Gasteiger partial charge < -0.3 is 39.2 Å². The van der Waals surface area contributed by atoms with E-state index < -0.39 is 19.8 Å². The number of aliphatic hydroxyl groups excluding tert-OH is 1. The van der Waals surface area contributed by atoms with Crippen molar-refractivity contribution >= 4 is 42.4 Å². The van der Waals surface area contributed by atoms with Gasteiger partial charge in [0.2, 0.25) is 5.91 Å². The van der Waals surface area contributed by atoms with Gasteiger partial charge in [-0.15, -0.1) is 0 Å². The van der Waals surface area contributed by atoms with Crippen LogP contribution in [0, 0.1) is 5.92 Å². The molecule has 0 saturated carbocycles. The summed E-state index contributed by atoms with van der Waals surface area (Å²) in [5.41, 5.74) is 3.87. The van der Waals surface area contributed by atoms with E-state index in [1.165, 1.54) is 0 Å². The zero-order chi connectivity index (χ0) is 43.1. The molecule has 12 heteroatoms. The van der Waals surface area contributed by atoms with E-state index in [1.54, 1.807) is 55.4 Å². The van der Waals surface area contributed by atoms with Crippen LogP contribution < -0.4 is 29.6 Å². The molecule has 5 aromatic rings. The maximum Gasteiger partial charge on any atom is 0.264 e. The van der Waals surface area contributed by atoms with Crippen molar-refractivity contribution in [3.63, 3.8) is 0 Å². The second kappa shape index (κ2) is 16.8. The van der Waals surface area contributed by atoms with Crippen molar-refractivity contribution in [3.8, 4) is 17.2 Å². The van der Waals surface area contributed by atoms with E-state index in [4.69, 9.17) is 18.9 Å². The number of aliphatic hydroxyl groups is 1. The Hall–Kier alpha value is -5.95. The van der Waals surface area contributed by atoms with Gasteiger partial charge >= 0.3 is 0 Å². The number of methoxy groups -OCH3 is 3. The lowest BCUT2D eigenvalue weighted by Crippen LogP contribution is -2.52. The smallest absolute Gasteiger partial charge is 0.264 e. The first kappa shape index (κ1) is 41.8. The van der Waals surface area contributed by atoms with Crippen LogP contribution in [0.1, 0.15) is 46.0 Å². The second-order valence-corrected chi connectivity index (χ2v) is 21.5. The van der Waals surface area contributed by atoms with Crippen molar-refractivity contribution in [2.75, 3.05) is 38.2 Å². The van der Waals surface area contributed by atoms with Gasteiger partial charge in [-0.3, -0.25) is 14.4 Å². The Morgan fingerprint density at radius 3 is 2.16 bits per heavy atom. The van der Waals surface area contributed by atoms with E-state index in [0.29, 0.717) is 47.0 Å². The van der Waals surface area contributed by atoms with Crippen molar-refractivity contribution in [1.29, 1.82) is 0 Å². The van der Waals surface area contributed by atoms with E-state index in [-0.39, 0.29) is 54.8 Å². The number of nitrogens with zero attached hydrogens (tertiary/aromatic N) is 2. The number of hydrogen-bond donors (Lipinski definition) is 2. The van der Waals surface area contributed by atoms with E-state index in [1.807, 2.05) is 72.8 Å². The number of amides is 3. The lowest BCUT2D eigenvalue weighted by atomic mass is 9.82. The molecule has 8 rings (SSSR count). The Morgan fingerprint density at radius 2 is 1.49 bits per heavy atom. The lowest BCUT2D eigenvalue weighted by Gasteiger charge is -2.39. The van der Waals surface area contributed by atoms with Crippen LogP contribution in [0.15, 0.2) is 115 Å². The van der Waals surface area contributed by atoms with Gasteiger partial charge in [-0.1, -0.05) is 73.7 Å². The third kappa shape index (κ3) is 7.57. The highest BCUT2D eigenvalue weighted by atomic mass is 28.3.